The summed E-state index contributed by atoms with van der Waals surface area (Å²) >= 11 is 0. The summed E-state index contributed by atoms with van der Waals surface area (Å²) in [6.07, 6.45) is -0.538. The summed E-state index contributed by atoms with van der Waals surface area (Å²) in [5.74, 6) is 0.506. The van der Waals surface area contributed by atoms with Crippen LogP contribution in [0.5, 0.6) is 5.75 Å². The Morgan fingerprint density at radius 2 is 2.11 bits per heavy atom. The molecule has 0 bridgehead atoms. The number of rotatable bonds is 3. The van der Waals surface area contributed by atoms with Gasteiger partial charge in [-0.2, -0.15) is 0 Å². The van der Waals surface area contributed by atoms with Gasteiger partial charge in [-0.25, -0.2) is 11.4 Å². The third kappa shape index (κ3) is 4.88. The van der Waals surface area contributed by atoms with E-state index in [1.807, 2.05) is 0 Å². The van der Waals surface area contributed by atoms with E-state index in [-0.39, 0.29) is 6.54 Å². The molecule has 1 aromatic rings. The van der Waals surface area contributed by atoms with Crippen LogP contribution >= 0.6 is 0 Å². The van der Waals surface area contributed by atoms with E-state index in [1.54, 1.807) is 39.0 Å². The third-order valence-corrected chi connectivity index (χ3v) is 2.16. The molecule has 5 heteroatoms. The number of amides is 1. The summed E-state index contributed by atoms with van der Waals surface area (Å²) in [4.78, 5) is 15.0. The topological polar surface area (TPSA) is 51.9 Å². The van der Waals surface area contributed by atoms with Gasteiger partial charge >= 0.3 is 6.09 Å². The molecule has 0 aromatic heterocycles. The number of carbonyl (C=O) groups is 1. The molecule has 0 saturated heterocycles. The number of ether oxygens (including phenoxy) is 2. The summed E-state index contributed by atoms with van der Waals surface area (Å²) in [5, 5.41) is 2.62. The van der Waals surface area contributed by atoms with Gasteiger partial charge in [0.25, 0.3) is 0 Å². The Morgan fingerprint density at radius 1 is 1.42 bits per heavy atom. The SMILES string of the molecule is [C-]#[N+]Cc1ccc(NC(=O)OC(C)(C)C)c(OC)c1. The fraction of sp³-hybridized carbons (Fsp3) is 0.429. The summed E-state index contributed by atoms with van der Waals surface area (Å²) in [7, 11) is 1.51. The van der Waals surface area contributed by atoms with Crippen LogP contribution in [0.3, 0.4) is 0 Å². The van der Waals surface area contributed by atoms with Gasteiger partial charge in [-0.3, -0.25) is 5.32 Å². The van der Waals surface area contributed by atoms with E-state index >= 15 is 0 Å². The zero-order chi connectivity index (χ0) is 14.5. The van der Waals surface area contributed by atoms with Crippen molar-refractivity contribution in [3.05, 3.63) is 35.2 Å². The zero-order valence-electron chi connectivity index (χ0n) is 11.6. The van der Waals surface area contributed by atoms with Crippen molar-refractivity contribution in [2.45, 2.75) is 32.9 Å². The molecule has 1 rings (SSSR count). The van der Waals surface area contributed by atoms with Crippen LogP contribution in [0, 0.1) is 6.57 Å². The number of nitrogens with one attached hydrogen (secondary N) is 1. The first-order chi connectivity index (χ1) is 8.85. The molecule has 1 amide bonds. The van der Waals surface area contributed by atoms with Crippen molar-refractivity contribution in [1.82, 2.24) is 0 Å². The van der Waals surface area contributed by atoms with Gasteiger partial charge in [0.15, 0.2) is 0 Å². The van der Waals surface area contributed by atoms with Crippen molar-refractivity contribution < 1.29 is 14.3 Å². The molecule has 0 aliphatic carbocycles. The predicted octanol–water partition coefficient (Wildman–Crippen LogP) is 3.46. The molecule has 19 heavy (non-hydrogen) atoms. The van der Waals surface area contributed by atoms with Gasteiger partial charge in [-0.05, 0) is 39.0 Å². The Bertz CT molecular complexity index is 498. The van der Waals surface area contributed by atoms with Crippen LogP contribution in [0.25, 0.3) is 4.85 Å². The third-order valence-electron chi connectivity index (χ3n) is 2.16. The molecule has 0 fully saturated rings. The van der Waals surface area contributed by atoms with Crippen molar-refractivity contribution in [2.75, 3.05) is 12.4 Å². The van der Waals surface area contributed by atoms with Gasteiger partial charge in [0, 0.05) is 5.56 Å². The smallest absolute Gasteiger partial charge is 0.412 e. The fourth-order valence-electron chi connectivity index (χ4n) is 1.44. The molecule has 0 heterocycles. The molecule has 0 spiro atoms. The minimum absolute atomic E-state index is 0.281. The lowest BCUT2D eigenvalue weighted by Crippen LogP contribution is -2.27. The standard InChI is InChI=1S/C14H18N2O3/c1-14(2,3)19-13(17)16-11-7-6-10(9-15-4)8-12(11)18-5/h6-8H,9H2,1-3,5H3,(H,16,17). The van der Waals surface area contributed by atoms with E-state index in [9.17, 15) is 4.79 Å². The van der Waals surface area contributed by atoms with Crippen LogP contribution in [-0.4, -0.2) is 18.8 Å². The molecule has 0 unspecified atom stereocenters. The Labute approximate surface area is 113 Å². The van der Waals surface area contributed by atoms with Crippen LogP contribution in [0.2, 0.25) is 0 Å². The quantitative estimate of drug-likeness (QED) is 0.849. The Kier molecular flexibility index (Phi) is 4.76. The van der Waals surface area contributed by atoms with E-state index in [0.717, 1.165) is 5.56 Å². The van der Waals surface area contributed by atoms with Crippen LogP contribution in [0.15, 0.2) is 18.2 Å². The second-order valence-corrected chi connectivity index (χ2v) is 4.98. The molecule has 0 atom stereocenters. The maximum Gasteiger partial charge on any atom is 0.412 e. The van der Waals surface area contributed by atoms with Gasteiger partial charge in [0.2, 0.25) is 6.54 Å². The van der Waals surface area contributed by atoms with E-state index in [2.05, 4.69) is 10.2 Å². The highest BCUT2D eigenvalue weighted by molar-refractivity contribution is 5.87. The monoisotopic (exact) mass is 262 g/mol. The molecule has 102 valence electrons. The van der Waals surface area contributed by atoms with E-state index in [1.165, 1.54) is 7.11 Å². The maximum absolute atomic E-state index is 11.7. The Hall–Kier alpha value is -2.22. The molecule has 1 aromatic carbocycles. The van der Waals surface area contributed by atoms with Crippen LogP contribution in [0.1, 0.15) is 26.3 Å². The first-order valence-electron chi connectivity index (χ1n) is 5.86. The molecule has 0 aliphatic heterocycles. The highest BCUT2D eigenvalue weighted by atomic mass is 16.6. The average Bonchev–Trinajstić information content (AvgIpc) is 2.29. The first-order valence-corrected chi connectivity index (χ1v) is 5.86. The highest BCUT2D eigenvalue weighted by Gasteiger charge is 2.17. The van der Waals surface area contributed by atoms with Gasteiger partial charge in [0.1, 0.15) is 11.4 Å². The lowest BCUT2D eigenvalue weighted by atomic mass is 10.2. The van der Waals surface area contributed by atoms with Gasteiger partial charge < -0.3 is 14.3 Å². The van der Waals surface area contributed by atoms with Crippen molar-refractivity contribution in [3.63, 3.8) is 0 Å². The number of anilines is 1. The Balaban J connectivity index is 2.84. The van der Waals surface area contributed by atoms with Crippen LogP contribution in [0.4, 0.5) is 10.5 Å². The molecule has 0 aliphatic rings. The van der Waals surface area contributed by atoms with Crippen molar-refractivity contribution >= 4 is 11.8 Å². The normalized spacial score (nSPS) is 10.5. The van der Waals surface area contributed by atoms with Crippen molar-refractivity contribution in [1.29, 1.82) is 0 Å². The fourth-order valence-corrected chi connectivity index (χ4v) is 1.44. The number of benzene rings is 1. The highest BCUT2D eigenvalue weighted by Crippen LogP contribution is 2.26. The molecule has 1 N–H and O–H groups in total. The summed E-state index contributed by atoms with van der Waals surface area (Å²) < 4.78 is 10.4. The van der Waals surface area contributed by atoms with Crippen molar-refractivity contribution in [3.8, 4) is 5.75 Å². The lowest BCUT2D eigenvalue weighted by molar-refractivity contribution is 0.0635. The van der Waals surface area contributed by atoms with E-state index in [0.29, 0.717) is 11.4 Å². The van der Waals surface area contributed by atoms with E-state index in [4.69, 9.17) is 16.0 Å². The number of methoxy groups -OCH3 is 1. The minimum Gasteiger partial charge on any atom is -0.495 e. The number of carbonyl (C=O) groups excluding carboxylic acids is 1. The molecule has 0 saturated carbocycles. The molecule has 5 nitrogen and oxygen atoms in total. The largest absolute Gasteiger partial charge is 0.495 e. The summed E-state index contributed by atoms with van der Waals surface area (Å²) in [6, 6.07) is 5.20. The summed E-state index contributed by atoms with van der Waals surface area (Å²) in [6.45, 7) is 12.5. The molecule has 0 radical (unpaired) electrons. The van der Waals surface area contributed by atoms with Crippen LogP contribution < -0.4 is 10.1 Å². The van der Waals surface area contributed by atoms with Crippen LogP contribution in [-0.2, 0) is 11.3 Å². The zero-order valence-corrected chi connectivity index (χ0v) is 11.6. The second kappa shape index (κ2) is 6.10. The first kappa shape index (κ1) is 14.8. The molecular weight excluding hydrogens is 244 g/mol. The predicted molar refractivity (Wildman–Crippen MR) is 73.2 cm³/mol. The number of nitrogens with zero attached hydrogens (tertiary/aromatic N) is 1. The number of hydrogen-bond acceptors (Lipinski definition) is 3. The van der Waals surface area contributed by atoms with E-state index < -0.39 is 11.7 Å². The van der Waals surface area contributed by atoms with Gasteiger partial charge in [-0.15, -0.1) is 0 Å². The Morgan fingerprint density at radius 3 is 2.63 bits per heavy atom. The lowest BCUT2D eigenvalue weighted by Gasteiger charge is -2.20. The average molecular weight is 262 g/mol. The van der Waals surface area contributed by atoms with Gasteiger partial charge in [-0.1, -0.05) is 0 Å². The maximum atomic E-state index is 11.7. The van der Waals surface area contributed by atoms with Gasteiger partial charge in [0.05, 0.1) is 12.8 Å². The number of hydrogen-bond donors (Lipinski definition) is 1. The minimum atomic E-state index is -0.554. The summed E-state index contributed by atoms with van der Waals surface area (Å²) in [5.41, 5.74) is 0.800. The second-order valence-electron chi connectivity index (χ2n) is 4.98. The van der Waals surface area contributed by atoms with Crippen molar-refractivity contribution in [2.24, 2.45) is 0 Å². The molecular formula is C14H18N2O3.